The molecule has 226 valence electrons. The molecule has 2 atom stereocenters. The number of ether oxygens (including phenoxy) is 3. The lowest BCUT2D eigenvalue weighted by atomic mass is 9.75. The topological polar surface area (TPSA) is 175 Å². The molecule has 2 unspecified atom stereocenters. The number of nitrogens with zero attached hydrogens (tertiary/aromatic N) is 5. The van der Waals surface area contributed by atoms with Gasteiger partial charge >= 0.3 is 18.2 Å². The third kappa shape index (κ3) is 6.89. The van der Waals surface area contributed by atoms with E-state index in [2.05, 4.69) is 40.9 Å². The van der Waals surface area contributed by atoms with Gasteiger partial charge in [0.1, 0.15) is 29.4 Å². The lowest BCUT2D eigenvalue weighted by Gasteiger charge is -2.37. The molecule has 13 nitrogen and oxygen atoms in total. The Labute approximate surface area is 249 Å². The Morgan fingerprint density at radius 3 is 2.35 bits per heavy atom. The molecule has 2 heterocycles. The number of aromatic amines is 1. The molecule has 0 radical (unpaired) electrons. The fraction of sp³-hybridized carbons (Fsp3) is 0.467. The van der Waals surface area contributed by atoms with Gasteiger partial charge in [0.25, 0.3) is 0 Å². The van der Waals surface area contributed by atoms with Gasteiger partial charge in [0.05, 0.1) is 7.11 Å². The molecule has 4 rings (SSSR count). The number of rotatable bonds is 8. The summed E-state index contributed by atoms with van der Waals surface area (Å²) in [7, 11) is 2.77. The van der Waals surface area contributed by atoms with Crippen LogP contribution < -0.4 is 10.1 Å². The van der Waals surface area contributed by atoms with Crippen LogP contribution in [-0.2, 0) is 14.3 Å². The Balaban J connectivity index is 1.48. The number of anilines is 1. The molecule has 0 spiro atoms. The van der Waals surface area contributed by atoms with Gasteiger partial charge in [-0.1, -0.05) is 20.8 Å². The van der Waals surface area contributed by atoms with Crippen LogP contribution in [-0.4, -0.2) is 64.5 Å². The Kier molecular flexibility index (Phi) is 9.56. The van der Waals surface area contributed by atoms with E-state index in [4.69, 9.17) is 9.47 Å². The second-order valence-electron chi connectivity index (χ2n) is 11.1. The number of nitrogens with one attached hydrogen (secondary N) is 2. The van der Waals surface area contributed by atoms with E-state index in [0.29, 0.717) is 29.4 Å². The van der Waals surface area contributed by atoms with Gasteiger partial charge in [0.15, 0.2) is 11.5 Å². The molecule has 2 N–H and O–H groups in total. The summed E-state index contributed by atoms with van der Waals surface area (Å²) in [5, 5.41) is 25.2. The van der Waals surface area contributed by atoms with Crippen LogP contribution in [0.2, 0.25) is 0 Å². The number of amides is 2. The van der Waals surface area contributed by atoms with Crippen LogP contribution in [0.25, 0.3) is 17.0 Å². The molecular weight excluding hydrogens is 554 g/mol. The number of nitriles is 2. The van der Waals surface area contributed by atoms with Gasteiger partial charge in [-0.3, -0.25) is 15.2 Å². The molecule has 13 heteroatoms. The van der Waals surface area contributed by atoms with Crippen LogP contribution in [0.1, 0.15) is 57.6 Å². The number of fused-ring (bicyclic) bond motifs is 1. The zero-order valence-corrected chi connectivity index (χ0v) is 24.8. The monoisotopic (exact) mass is 589 g/mol. The molecule has 3 aromatic rings. The number of hydrogen-bond acceptors (Lipinski definition) is 9. The molecule has 43 heavy (non-hydrogen) atoms. The highest BCUT2D eigenvalue weighted by molar-refractivity contribution is 5.85. The summed E-state index contributed by atoms with van der Waals surface area (Å²) in [6, 6.07) is 10.7. The third-order valence-electron chi connectivity index (χ3n) is 7.68. The van der Waals surface area contributed by atoms with E-state index in [0.717, 1.165) is 12.8 Å². The van der Waals surface area contributed by atoms with Gasteiger partial charge in [-0.15, -0.1) is 0 Å². The van der Waals surface area contributed by atoms with Crippen molar-refractivity contribution in [3.63, 3.8) is 0 Å². The summed E-state index contributed by atoms with van der Waals surface area (Å²) in [5.74, 6) is 0.943. The van der Waals surface area contributed by atoms with Crippen molar-refractivity contribution in [2.45, 2.75) is 52.6 Å². The second kappa shape index (κ2) is 13.3. The van der Waals surface area contributed by atoms with Crippen molar-refractivity contribution in [3.05, 3.63) is 35.4 Å². The number of hydrogen-bond donors (Lipinski definition) is 2. The van der Waals surface area contributed by atoms with Crippen molar-refractivity contribution in [2.24, 2.45) is 17.8 Å². The minimum Gasteiger partial charge on any atom is -0.469 e. The molecule has 1 aromatic carbocycles. The first-order valence-corrected chi connectivity index (χ1v) is 14.1. The van der Waals surface area contributed by atoms with Crippen LogP contribution in [0.15, 0.2) is 24.3 Å². The Morgan fingerprint density at radius 1 is 1.09 bits per heavy atom. The lowest BCUT2D eigenvalue weighted by Crippen LogP contribution is -2.38. The van der Waals surface area contributed by atoms with E-state index < -0.39 is 18.2 Å². The van der Waals surface area contributed by atoms with E-state index in [1.165, 1.54) is 23.6 Å². The van der Waals surface area contributed by atoms with Crippen molar-refractivity contribution in [2.75, 3.05) is 26.0 Å². The van der Waals surface area contributed by atoms with E-state index in [1.54, 1.807) is 24.3 Å². The summed E-state index contributed by atoms with van der Waals surface area (Å²) in [4.78, 5) is 42.4. The maximum absolute atomic E-state index is 12.7. The molecular formula is C30H35N7O6. The smallest absolute Gasteiger partial charge is 0.416 e. The normalized spacial score (nSPS) is 19.6. The van der Waals surface area contributed by atoms with E-state index in [-0.39, 0.29) is 53.6 Å². The summed E-state index contributed by atoms with van der Waals surface area (Å²) < 4.78 is 17.1. The number of methoxy groups -OCH3 is 1. The minimum atomic E-state index is -0.782. The zero-order chi connectivity index (χ0) is 31.3. The fourth-order valence-electron chi connectivity index (χ4n) is 5.64. The molecule has 1 aliphatic rings. The average Bonchev–Trinajstić information content (AvgIpc) is 3.52. The van der Waals surface area contributed by atoms with Crippen molar-refractivity contribution in [1.82, 2.24) is 19.5 Å². The third-order valence-corrected chi connectivity index (χ3v) is 7.68. The van der Waals surface area contributed by atoms with Crippen molar-refractivity contribution in [3.8, 4) is 29.4 Å². The fourth-order valence-corrected chi connectivity index (χ4v) is 5.64. The highest BCUT2D eigenvalue weighted by Crippen LogP contribution is 2.35. The van der Waals surface area contributed by atoms with Crippen molar-refractivity contribution >= 4 is 29.5 Å². The highest BCUT2D eigenvalue weighted by atomic mass is 16.6. The predicted molar refractivity (Wildman–Crippen MR) is 155 cm³/mol. The van der Waals surface area contributed by atoms with E-state index in [1.807, 2.05) is 12.1 Å². The second-order valence-corrected chi connectivity index (χ2v) is 11.1. The summed E-state index contributed by atoms with van der Waals surface area (Å²) in [6.45, 7) is 6.65. The molecule has 1 fully saturated rings. The van der Waals surface area contributed by atoms with Gasteiger partial charge < -0.3 is 19.1 Å². The summed E-state index contributed by atoms with van der Waals surface area (Å²) in [5.41, 5.74) is 1.07. The molecule has 0 saturated heterocycles. The largest absolute Gasteiger partial charge is 0.469 e. The van der Waals surface area contributed by atoms with E-state index >= 15 is 0 Å². The maximum atomic E-state index is 12.7. The van der Waals surface area contributed by atoms with Crippen LogP contribution in [0, 0.1) is 40.4 Å². The van der Waals surface area contributed by atoms with Gasteiger partial charge in [0.2, 0.25) is 5.88 Å². The molecule has 0 bridgehead atoms. The molecule has 2 aromatic heterocycles. The first-order valence-electron chi connectivity index (χ1n) is 14.1. The van der Waals surface area contributed by atoms with Crippen LogP contribution in [0.4, 0.5) is 15.3 Å². The number of esters is 1. The Bertz CT molecular complexity index is 1570. The summed E-state index contributed by atoms with van der Waals surface area (Å²) in [6.07, 6.45) is 1.09. The molecule has 1 saturated carbocycles. The first kappa shape index (κ1) is 30.9. The minimum absolute atomic E-state index is 0.0530. The SMILES string of the molecule is COC(=O)CCCN(C)C(=O)Oc1c(C#N)c(C#N)c2nc(-c3ccc(NC(=O)OC4C(C)CC(C)CC4C)cc3)[nH]n12. The quantitative estimate of drug-likeness (QED) is 0.340. The Morgan fingerprint density at radius 2 is 1.74 bits per heavy atom. The zero-order valence-electron chi connectivity index (χ0n) is 24.8. The number of carbonyl (C=O) groups excluding carboxylic acids is 3. The van der Waals surface area contributed by atoms with Gasteiger partial charge in [-0.2, -0.15) is 10.5 Å². The van der Waals surface area contributed by atoms with E-state index in [9.17, 15) is 24.9 Å². The lowest BCUT2D eigenvalue weighted by molar-refractivity contribution is -0.140. The molecule has 2 amide bonds. The number of H-pyrrole nitrogens is 1. The number of carbonyl (C=O) groups is 3. The predicted octanol–water partition coefficient (Wildman–Crippen LogP) is 5.08. The molecule has 0 aliphatic heterocycles. The number of aromatic nitrogens is 3. The standard InChI is InChI=1S/C30H35N7O6/c1-17-13-18(2)25(19(3)14-17)42-29(39)33-21-10-8-20(9-11-21)26-34-27-22(15-31)23(16-32)28(37(27)35-26)43-30(40)36(4)12-6-7-24(38)41-5/h8-11,17-19,25H,6-7,12-14H2,1-5H3,(H,33,39)(H,34,35). The maximum Gasteiger partial charge on any atom is 0.416 e. The van der Waals surface area contributed by atoms with Crippen LogP contribution in [0.3, 0.4) is 0 Å². The highest BCUT2D eigenvalue weighted by Gasteiger charge is 2.34. The average molecular weight is 590 g/mol. The van der Waals surface area contributed by atoms with Crippen LogP contribution in [0.5, 0.6) is 5.88 Å². The van der Waals surface area contributed by atoms with Gasteiger partial charge in [-0.05, 0) is 61.3 Å². The number of benzene rings is 1. The van der Waals surface area contributed by atoms with Crippen LogP contribution >= 0.6 is 0 Å². The first-order chi connectivity index (χ1) is 20.6. The Hall–Kier alpha value is -5.04. The summed E-state index contributed by atoms with van der Waals surface area (Å²) >= 11 is 0. The van der Waals surface area contributed by atoms with Gasteiger partial charge in [-0.25, -0.2) is 19.1 Å². The van der Waals surface area contributed by atoms with Crippen molar-refractivity contribution in [1.29, 1.82) is 10.5 Å². The molecule has 1 aliphatic carbocycles. The van der Waals surface area contributed by atoms with Crippen molar-refractivity contribution < 1.29 is 28.6 Å². The van der Waals surface area contributed by atoms with Gasteiger partial charge in [0, 0.05) is 31.3 Å².